The van der Waals surface area contributed by atoms with Crippen molar-refractivity contribution in [3.63, 3.8) is 0 Å². The Kier molecular flexibility index (Phi) is 3.28. The summed E-state index contributed by atoms with van der Waals surface area (Å²) in [6, 6.07) is 19.0. The predicted molar refractivity (Wildman–Crippen MR) is 94.8 cm³/mol. The van der Waals surface area contributed by atoms with Crippen LogP contribution in [0.15, 0.2) is 66.1 Å². The van der Waals surface area contributed by atoms with E-state index < -0.39 is 10.0 Å². The maximum absolute atomic E-state index is 12.4. The van der Waals surface area contributed by atoms with Crippen LogP contribution in [0.5, 0.6) is 0 Å². The lowest BCUT2D eigenvalue weighted by molar-refractivity contribution is 0.608. The van der Waals surface area contributed by atoms with Gasteiger partial charge in [-0.2, -0.15) is 5.10 Å². The van der Waals surface area contributed by atoms with E-state index in [4.69, 9.17) is 0 Å². The zero-order chi connectivity index (χ0) is 16.7. The van der Waals surface area contributed by atoms with E-state index in [9.17, 15) is 8.42 Å². The van der Waals surface area contributed by atoms with Crippen molar-refractivity contribution in [3.8, 4) is 11.1 Å². The molecule has 1 aromatic heterocycles. The molecule has 0 spiro atoms. The quantitative estimate of drug-likeness (QED) is 0.779. The van der Waals surface area contributed by atoms with Crippen LogP contribution in [0, 0.1) is 6.92 Å². The fourth-order valence-corrected chi connectivity index (χ4v) is 3.95. The summed E-state index contributed by atoms with van der Waals surface area (Å²) in [6.45, 7) is 1.88. The van der Waals surface area contributed by atoms with Gasteiger partial charge in [0.1, 0.15) is 0 Å². The highest BCUT2D eigenvalue weighted by Gasteiger charge is 2.28. The van der Waals surface area contributed by atoms with Gasteiger partial charge in [-0.05, 0) is 12.5 Å². The maximum atomic E-state index is 12.4. The van der Waals surface area contributed by atoms with Gasteiger partial charge >= 0.3 is 0 Å². The second kappa shape index (κ2) is 5.35. The number of hydrogen-bond donors (Lipinski definition) is 1. The molecule has 1 N–H and O–H groups in total. The molecule has 2 heterocycles. The average molecular weight is 337 g/mol. The molecular weight excluding hydrogens is 322 g/mol. The third-order valence-corrected chi connectivity index (χ3v) is 4.94. The summed E-state index contributed by atoms with van der Waals surface area (Å²) >= 11 is 0. The molecule has 3 aromatic rings. The highest BCUT2D eigenvalue weighted by Crippen LogP contribution is 2.37. The number of rotatable bonds is 2. The van der Waals surface area contributed by atoms with Crippen molar-refractivity contribution in [3.05, 3.63) is 77.3 Å². The summed E-state index contributed by atoms with van der Waals surface area (Å²) in [5, 5.41) is 5.79. The number of fused-ring (bicyclic) bond motifs is 1. The van der Waals surface area contributed by atoms with Gasteiger partial charge in [-0.15, -0.1) is 0 Å². The summed E-state index contributed by atoms with van der Waals surface area (Å²) in [7, 11) is -3.58. The van der Waals surface area contributed by atoms with E-state index in [0.29, 0.717) is 11.5 Å². The molecule has 2 aromatic carbocycles. The van der Waals surface area contributed by atoms with E-state index in [1.165, 1.54) is 5.41 Å². The Morgan fingerprint density at radius 1 is 0.917 bits per heavy atom. The first-order chi connectivity index (χ1) is 11.6. The van der Waals surface area contributed by atoms with Gasteiger partial charge in [-0.3, -0.25) is 4.72 Å². The van der Waals surface area contributed by atoms with E-state index >= 15 is 0 Å². The van der Waals surface area contributed by atoms with Gasteiger partial charge in [0.2, 0.25) is 0 Å². The Bertz CT molecular complexity index is 1040. The minimum Gasteiger partial charge on any atom is -0.263 e. The van der Waals surface area contributed by atoms with Crippen molar-refractivity contribution in [2.75, 3.05) is 4.72 Å². The Hall–Kier alpha value is -2.86. The molecule has 24 heavy (non-hydrogen) atoms. The van der Waals surface area contributed by atoms with Crippen molar-refractivity contribution in [1.29, 1.82) is 0 Å². The smallest absolute Gasteiger partial charge is 0.258 e. The summed E-state index contributed by atoms with van der Waals surface area (Å²) < 4.78 is 29.0. The number of aromatic nitrogens is 2. The SMILES string of the molecule is Cc1nn2c(c1-c1ccccc1)NS(=O)(=O)C=C2c1ccccc1. The molecular formula is C18H15N3O2S. The topological polar surface area (TPSA) is 64.0 Å². The molecule has 0 fully saturated rings. The van der Waals surface area contributed by atoms with Crippen LogP contribution in [0.3, 0.4) is 0 Å². The predicted octanol–water partition coefficient (Wildman–Crippen LogP) is 3.46. The zero-order valence-electron chi connectivity index (χ0n) is 13.0. The number of benzene rings is 2. The highest BCUT2D eigenvalue weighted by atomic mass is 32.2. The first kappa shape index (κ1) is 14.7. The Labute approximate surface area is 140 Å². The molecule has 0 radical (unpaired) electrons. The number of anilines is 1. The molecule has 0 amide bonds. The molecule has 0 aliphatic carbocycles. The summed E-state index contributed by atoms with van der Waals surface area (Å²) in [5.74, 6) is 0.472. The van der Waals surface area contributed by atoms with Crippen LogP contribution < -0.4 is 4.72 Å². The Balaban J connectivity index is 1.98. The van der Waals surface area contributed by atoms with Crippen LogP contribution in [0.4, 0.5) is 5.82 Å². The molecule has 5 nitrogen and oxygen atoms in total. The van der Waals surface area contributed by atoms with E-state index in [-0.39, 0.29) is 0 Å². The number of aryl methyl sites for hydroxylation is 1. The lowest BCUT2D eigenvalue weighted by Gasteiger charge is -2.19. The second-order valence-corrected chi connectivity index (χ2v) is 7.13. The van der Waals surface area contributed by atoms with Crippen molar-refractivity contribution < 1.29 is 8.42 Å². The summed E-state index contributed by atoms with van der Waals surface area (Å²) in [5.41, 5.74) is 3.82. The van der Waals surface area contributed by atoms with Crippen molar-refractivity contribution in [1.82, 2.24) is 9.78 Å². The standard InChI is InChI=1S/C18H15N3O2S/c1-13-17(15-10-6-3-7-11-15)18-20-24(22,23)12-16(21(18)19-13)14-8-4-2-5-9-14/h2-12,20H,1H3. The van der Waals surface area contributed by atoms with Crippen molar-refractivity contribution in [2.24, 2.45) is 0 Å². The molecule has 1 aliphatic heterocycles. The van der Waals surface area contributed by atoms with Gasteiger partial charge in [0, 0.05) is 11.1 Å². The minimum atomic E-state index is -3.58. The number of hydrogen-bond acceptors (Lipinski definition) is 3. The first-order valence-electron chi connectivity index (χ1n) is 7.50. The number of nitrogens with one attached hydrogen (secondary N) is 1. The lowest BCUT2D eigenvalue weighted by atomic mass is 10.1. The average Bonchev–Trinajstić information content (AvgIpc) is 2.90. The molecule has 0 unspecified atom stereocenters. The largest absolute Gasteiger partial charge is 0.263 e. The number of sulfonamides is 1. The molecule has 1 aliphatic rings. The van der Waals surface area contributed by atoms with E-state index in [0.717, 1.165) is 22.4 Å². The molecule has 0 bridgehead atoms. The summed E-state index contributed by atoms with van der Waals surface area (Å²) in [4.78, 5) is 0. The number of nitrogens with zero attached hydrogens (tertiary/aromatic N) is 2. The van der Waals surface area contributed by atoms with Gasteiger partial charge < -0.3 is 0 Å². The molecule has 0 saturated carbocycles. The second-order valence-electron chi connectivity index (χ2n) is 5.60. The van der Waals surface area contributed by atoms with Gasteiger partial charge in [0.05, 0.1) is 16.8 Å². The Morgan fingerprint density at radius 3 is 2.12 bits per heavy atom. The van der Waals surface area contributed by atoms with Gasteiger partial charge in [-0.1, -0.05) is 60.7 Å². The molecule has 4 rings (SSSR count). The third kappa shape index (κ3) is 2.41. The van der Waals surface area contributed by atoms with E-state index in [1.807, 2.05) is 67.6 Å². The van der Waals surface area contributed by atoms with Crippen LogP contribution in [-0.2, 0) is 10.0 Å². The van der Waals surface area contributed by atoms with Crippen LogP contribution in [-0.4, -0.2) is 18.2 Å². The summed E-state index contributed by atoms with van der Waals surface area (Å²) in [6.07, 6.45) is 0. The van der Waals surface area contributed by atoms with Crippen molar-refractivity contribution >= 4 is 21.5 Å². The molecule has 6 heteroatoms. The fourth-order valence-electron chi connectivity index (χ4n) is 2.91. The fraction of sp³-hybridized carbons (Fsp3) is 0.0556. The Morgan fingerprint density at radius 2 is 1.50 bits per heavy atom. The zero-order valence-corrected chi connectivity index (χ0v) is 13.8. The normalized spacial score (nSPS) is 15.3. The van der Waals surface area contributed by atoms with E-state index in [2.05, 4.69) is 9.82 Å². The van der Waals surface area contributed by atoms with Gasteiger partial charge in [-0.25, -0.2) is 13.1 Å². The third-order valence-electron chi connectivity index (χ3n) is 3.93. The highest BCUT2D eigenvalue weighted by molar-refractivity contribution is 7.95. The van der Waals surface area contributed by atoms with Crippen LogP contribution in [0.1, 0.15) is 11.3 Å². The van der Waals surface area contributed by atoms with Gasteiger partial charge in [0.15, 0.2) is 5.82 Å². The van der Waals surface area contributed by atoms with E-state index in [1.54, 1.807) is 4.68 Å². The van der Waals surface area contributed by atoms with Gasteiger partial charge in [0.25, 0.3) is 10.0 Å². The first-order valence-corrected chi connectivity index (χ1v) is 9.05. The molecule has 0 saturated heterocycles. The molecule has 120 valence electrons. The van der Waals surface area contributed by atoms with Crippen molar-refractivity contribution in [2.45, 2.75) is 6.92 Å². The lowest BCUT2D eigenvalue weighted by Crippen LogP contribution is -2.20. The minimum absolute atomic E-state index is 0.472. The van der Waals surface area contributed by atoms with Crippen LogP contribution in [0.2, 0.25) is 0 Å². The van der Waals surface area contributed by atoms with Crippen LogP contribution in [0.25, 0.3) is 16.8 Å². The molecule has 0 atom stereocenters. The maximum Gasteiger partial charge on any atom is 0.258 e. The monoisotopic (exact) mass is 337 g/mol. The van der Waals surface area contributed by atoms with Crippen LogP contribution >= 0.6 is 0 Å².